The fourth-order valence-electron chi connectivity index (χ4n) is 5.75. The maximum atomic E-state index is 14.2. The predicted molar refractivity (Wildman–Crippen MR) is 155 cm³/mol. The maximum Gasteiger partial charge on any atom is 0.419 e. The second kappa shape index (κ2) is 12.3. The predicted octanol–water partition coefficient (Wildman–Crippen LogP) is 5.79. The second-order valence-corrected chi connectivity index (χ2v) is 11.4. The highest BCUT2D eigenvalue weighted by atomic mass is 19.4. The Morgan fingerprint density at radius 2 is 1.79 bits per heavy atom. The molecule has 1 N–H and O–H groups in total. The van der Waals surface area contributed by atoms with Crippen LogP contribution < -0.4 is 5.56 Å². The summed E-state index contributed by atoms with van der Waals surface area (Å²) in [6.45, 7) is 1.91. The van der Waals surface area contributed by atoms with Crippen LogP contribution in [0.5, 0.6) is 0 Å². The molecule has 11 heteroatoms. The number of ether oxygens (including phenoxy) is 1. The summed E-state index contributed by atoms with van der Waals surface area (Å²) < 4.78 is 48.0. The van der Waals surface area contributed by atoms with E-state index in [9.17, 15) is 28.3 Å². The summed E-state index contributed by atoms with van der Waals surface area (Å²) in [5.41, 5.74) is 1.65. The van der Waals surface area contributed by atoms with Gasteiger partial charge in [0.15, 0.2) is 5.60 Å². The van der Waals surface area contributed by atoms with Crippen molar-refractivity contribution in [2.45, 2.75) is 82.7 Å². The van der Waals surface area contributed by atoms with Crippen LogP contribution in [0.1, 0.15) is 74.4 Å². The van der Waals surface area contributed by atoms with Crippen LogP contribution in [0.25, 0.3) is 16.9 Å². The third kappa shape index (κ3) is 6.21. The van der Waals surface area contributed by atoms with Gasteiger partial charge in [-0.25, -0.2) is 4.52 Å². The average Bonchev–Trinajstić information content (AvgIpc) is 3.48. The van der Waals surface area contributed by atoms with Gasteiger partial charge in [0.2, 0.25) is 5.78 Å². The highest BCUT2D eigenvalue weighted by Crippen LogP contribution is 2.34. The zero-order valence-electron chi connectivity index (χ0n) is 24.1. The summed E-state index contributed by atoms with van der Waals surface area (Å²) in [5.74, 6) is 0.449. The first-order valence-electron chi connectivity index (χ1n) is 14.5. The van der Waals surface area contributed by atoms with Crippen LogP contribution >= 0.6 is 0 Å². The summed E-state index contributed by atoms with van der Waals surface area (Å²) in [6, 6.07) is 17.2. The van der Waals surface area contributed by atoms with Crippen molar-refractivity contribution in [3.05, 3.63) is 87.6 Å². The molecule has 5 rings (SSSR count). The monoisotopic (exact) mass is 593 g/mol. The van der Waals surface area contributed by atoms with Crippen molar-refractivity contribution in [3.8, 4) is 17.2 Å². The van der Waals surface area contributed by atoms with Crippen molar-refractivity contribution < 1.29 is 23.0 Å². The Kier molecular flexibility index (Phi) is 8.71. The molecule has 43 heavy (non-hydrogen) atoms. The Bertz CT molecular complexity index is 1680. The Morgan fingerprint density at radius 1 is 1.09 bits per heavy atom. The second-order valence-electron chi connectivity index (χ2n) is 11.4. The lowest BCUT2D eigenvalue weighted by Gasteiger charge is -2.33. The van der Waals surface area contributed by atoms with E-state index in [0.717, 1.165) is 28.8 Å². The molecule has 226 valence electrons. The number of fused-ring (bicyclic) bond motifs is 1. The number of nitriles is 1. The quantitative estimate of drug-likeness (QED) is 0.264. The van der Waals surface area contributed by atoms with E-state index in [1.165, 1.54) is 6.33 Å². The number of alkyl halides is 3. The van der Waals surface area contributed by atoms with E-state index in [2.05, 4.69) is 16.2 Å². The fraction of sp³-hybridized carbons (Fsp3) is 0.438. The van der Waals surface area contributed by atoms with Gasteiger partial charge in [-0.05, 0) is 61.8 Å². The summed E-state index contributed by atoms with van der Waals surface area (Å²) in [6.07, 6.45) is -0.0440. The third-order valence-corrected chi connectivity index (χ3v) is 8.23. The number of nitrogens with zero attached hydrogens (tertiary/aromatic N) is 5. The van der Waals surface area contributed by atoms with E-state index in [1.807, 2.05) is 49.4 Å². The number of rotatable bonds is 9. The van der Waals surface area contributed by atoms with Crippen LogP contribution in [-0.4, -0.2) is 48.8 Å². The molecule has 0 spiro atoms. The minimum Gasteiger partial charge on any atom is -0.379 e. The molecule has 1 saturated carbocycles. The van der Waals surface area contributed by atoms with E-state index in [0.29, 0.717) is 62.4 Å². The van der Waals surface area contributed by atoms with Crippen LogP contribution in [0.2, 0.25) is 0 Å². The van der Waals surface area contributed by atoms with E-state index in [1.54, 1.807) is 15.1 Å². The molecule has 1 aliphatic rings. The highest BCUT2D eigenvalue weighted by Gasteiger charge is 2.50. The van der Waals surface area contributed by atoms with E-state index in [4.69, 9.17) is 4.74 Å². The first-order chi connectivity index (χ1) is 20.5. The molecule has 1 unspecified atom stereocenters. The van der Waals surface area contributed by atoms with Crippen molar-refractivity contribution in [1.82, 2.24) is 19.2 Å². The molecule has 1 aliphatic carbocycles. The van der Waals surface area contributed by atoms with Gasteiger partial charge in [-0.15, -0.1) is 0 Å². The zero-order chi connectivity index (χ0) is 30.8. The van der Waals surface area contributed by atoms with Crippen LogP contribution in [-0.2, 0) is 17.6 Å². The fourth-order valence-corrected chi connectivity index (χ4v) is 5.75. The summed E-state index contributed by atoms with van der Waals surface area (Å²) in [7, 11) is 0. The summed E-state index contributed by atoms with van der Waals surface area (Å²) >= 11 is 0. The smallest absolute Gasteiger partial charge is 0.379 e. The number of hydrogen-bond donors (Lipinski definition) is 1. The van der Waals surface area contributed by atoms with E-state index >= 15 is 0 Å². The topological polar surface area (TPSA) is 105 Å². The molecular formula is C32H34F3N5O3. The van der Waals surface area contributed by atoms with Gasteiger partial charge in [-0.2, -0.15) is 28.5 Å². The molecule has 8 nitrogen and oxygen atoms in total. The molecule has 2 aromatic carbocycles. The van der Waals surface area contributed by atoms with Crippen LogP contribution in [0.3, 0.4) is 0 Å². The molecule has 1 fully saturated rings. The first kappa shape index (κ1) is 30.4. The Labute approximate surface area is 247 Å². The van der Waals surface area contributed by atoms with Crippen molar-refractivity contribution in [2.24, 2.45) is 0 Å². The van der Waals surface area contributed by atoms with Crippen molar-refractivity contribution in [1.29, 1.82) is 5.26 Å². The molecule has 4 aromatic rings. The summed E-state index contributed by atoms with van der Waals surface area (Å²) in [5, 5.41) is 23.7. The average molecular weight is 594 g/mol. The van der Waals surface area contributed by atoms with Gasteiger partial charge in [0, 0.05) is 18.0 Å². The van der Waals surface area contributed by atoms with E-state index in [-0.39, 0.29) is 11.6 Å². The summed E-state index contributed by atoms with van der Waals surface area (Å²) in [4.78, 5) is 18.6. The maximum absolute atomic E-state index is 14.2. The van der Waals surface area contributed by atoms with Gasteiger partial charge >= 0.3 is 6.18 Å². The van der Waals surface area contributed by atoms with Gasteiger partial charge in [0.05, 0.1) is 30.0 Å². The van der Waals surface area contributed by atoms with Crippen molar-refractivity contribution >= 4 is 5.78 Å². The van der Waals surface area contributed by atoms with Gasteiger partial charge in [-0.3, -0.25) is 9.36 Å². The zero-order valence-corrected chi connectivity index (χ0v) is 24.1. The van der Waals surface area contributed by atoms with Crippen molar-refractivity contribution in [3.63, 3.8) is 0 Å². The minimum atomic E-state index is -4.78. The first-order valence-corrected chi connectivity index (χ1v) is 14.5. The molecule has 0 saturated heterocycles. The SMILES string of the molecule is CCCc1c(Cc2ccc(-c3ccccc3C#N)cc2)c(=O)n(C2CCC(OCC(C)(O)C(F)(F)F)CC2)c2ncnn12. The molecule has 2 aromatic heterocycles. The molecule has 1 atom stereocenters. The molecule has 0 aliphatic heterocycles. The molecule has 0 radical (unpaired) electrons. The number of hydrogen-bond acceptors (Lipinski definition) is 6. The van der Waals surface area contributed by atoms with Gasteiger partial charge in [-0.1, -0.05) is 55.8 Å². The molecule has 0 bridgehead atoms. The lowest BCUT2D eigenvalue weighted by molar-refractivity contribution is -0.271. The number of aliphatic hydroxyl groups is 1. The Balaban J connectivity index is 1.41. The van der Waals surface area contributed by atoms with Crippen LogP contribution in [0, 0.1) is 11.3 Å². The highest BCUT2D eigenvalue weighted by molar-refractivity contribution is 5.70. The number of aromatic nitrogens is 4. The molecule has 0 amide bonds. The number of benzene rings is 2. The van der Waals surface area contributed by atoms with Crippen LogP contribution in [0.15, 0.2) is 59.7 Å². The lowest BCUT2D eigenvalue weighted by Crippen LogP contribution is -2.47. The largest absolute Gasteiger partial charge is 0.419 e. The van der Waals surface area contributed by atoms with Crippen molar-refractivity contribution in [2.75, 3.05) is 6.61 Å². The minimum absolute atomic E-state index is 0.146. The van der Waals surface area contributed by atoms with Gasteiger partial charge < -0.3 is 9.84 Å². The Morgan fingerprint density at radius 3 is 2.44 bits per heavy atom. The Hall–Kier alpha value is -4.01. The van der Waals surface area contributed by atoms with E-state index < -0.39 is 24.5 Å². The standard InChI is InChI=1S/C32H34F3N5O3/c1-3-6-28-27(17-21-9-11-22(12-10-21)26-8-5-4-7-23(26)18-36)29(41)39(30-37-20-38-40(28)30)24-13-15-25(16-14-24)43-19-31(2,42)32(33,34)35/h4-5,7-12,20,24-25,42H,3,6,13-17,19H2,1-2H3. The molecular weight excluding hydrogens is 559 g/mol. The van der Waals surface area contributed by atoms with Crippen LogP contribution in [0.4, 0.5) is 13.2 Å². The third-order valence-electron chi connectivity index (χ3n) is 8.23. The van der Waals surface area contributed by atoms with Gasteiger partial charge in [0.25, 0.3) is 5.56 Å². The van der Waals surface area contributed by atoms with Gasteiger partial charge in [0.1, 0.15) is 6.33 Å². The molecule has 2 heterocycles. The normalized spacial score (nSPS) is 18.8. The number of aryl methyl sites for hydroxylation is 1. The lowest BCUT2D eigenvalue weighted by atomic mass is 9.92. The number of halogens is 3.